The summed E-state index contributed by atoms with van der Waals surface area (Å²) in [6.45, 7) is 0.207. The number of anilines is 1. The van der Waals surface area contributed by atoms with Crippen molar-refractivity contribution in [2.75, 3.05) is 12.3 Å². The number of hydrogen-bond acceptors (Lipinski definition) is 4. The number of rotatable bonds is 5. The van der Waals surface area contributed by atoms with Crippen LogP contribution in [-0.4, -0.2) is 15.0 Å². The summed E-state index contributed by atoms with van der Waals surface area (Å²) in [6, 6.07) is 7.31. The van der Waals surface area contributed by atoms with Crippen LogP contribution in [0.1, 0.15) is 4.88 Å². The van der Waals surface area contributed by atoms with Crippen molar-refractivity contribution < 1.29 is 12.8 Å². The van der Waals surface area contributed by atoms with Crippen molar-refractivity contribution in [3.8, 4) is 0 Å². The van der Waals surface area contributed by atoms with Crippen LogP contribution >= 0.6 is 27.3 Å². The second kappa shape index (κ2) is 6.21. The van der Waals surface area contributed by atoms with E-state index < -0.39 is 15.8 Å². The zero-order valence-electron chi connectivity index (χ0n) is 10.3. The Hall–Kier alpha value is -0.960. The summed E-state index contributed by atoms with van der Waals surface area (Å²) in [5.41, 5.74) is 5.58. The smallest absolute Gasteiger partial charge is 0.243 e. The first kappa shape index (κ1) is 15.4. The van der Waals surface area contributed by atoms with Gasteiger partial charge in [-0.25, -0.2) is 17.5 Å². The minimum Gasteiger partial charge on any atom is -0.399 e. The molecule has 0 atom stereocenters. The van der Waals surface area contributed by atoms with Crippen molar-refractivity contribution in [3.05, 3.63) is 44.8 Å². The van der Waals surface area contributed by atoms with Crippen LogP contribution in [-0.2, 0) is 16.4 Å². The molecule has 0 radical (unpaired) electrons. The fourth-order valence-electron chi connectivity index (χ4n) is 1.61. The molecule has 0 bridgehead atoms. The molecule has 1 heterocycles. The van der Waals surface area contributed by atoms with E-state index in [0.717, 1.165) is 20.8 Å². The number of benzene rings is 1. The van der Waals surface area contributed by atoms with E-state index in [1.54, 1.807) is 0 Å². The molecule has 0 unspecified atom stereocenters. The van der Waals surface area contributed by atoms with Gasteiger partial charge in [-0.2, -0.15) is 0 Å². The van der Waals surface area contributed by atoms with Crippen molar-refractivity contribution in [3.63, 3.8) is 0 Å². The summed E-state index contributed by atoms with van der Waals surface area (Å²) in [6.07, 6.45) is 0.548. The van der Waals surface area contributed by atoms with E-state index in [1.807, 2.05) is 12.1 Å². The van der Waals surface area contributed by atoms with Gasteiger partial charge in [-0.1, -0.05) is 0 Å². The van der Waals surface area contributed by atoms with Crippen molar-refractivity contribution in [1.29, 1.82) is 0 Å². The van der Waals surface area contributed by atoms with E-state index in [2.05, 4.69) is 20.7 Å². The Morgan fingerprint density at radius 2 is 2.05 bits per heavy atom. The van der Waals surface area contributed by atoms with Gasteiger partial charge >= 0.3 is 0 Å². The molecular weight excluding hydrogens is 367 g/mol. The fourth-order valence-corrected chi connectivity index (χ4v) is 4.18. The maximum absolute atomic E-state index is 13.6. The molecule has 4 nitrogen and oxygen atoms in total. The lowest BCUT2D eigenvalue weighted by Crippen LogP contribution is -2.26. The summed E-state index contributed by atoms with van der Waals surface area (Å²) in [4.78, 5) is 0.649. The highest BCUT2D eigenvalue weighted by atomic mass is 79.9. The molecule has 2 aromatic rings. The molecule has 0 spiro atoms. The Balaban J connectivity index is 2.04. The van der Waals surface area contributed by atoms with Crippen LogP contribution in [0, 0.1) is 5.82 Å². The van der Waals surface area contributed by atoms with E-state index in [-0.39, 0.29) is 17.1 Å². The predicted molar refractivity (Wildman–Crippen MR) is 81.7 cm³/mol. The van der Waals surface area contributed by atoms with Crippen LogP contribution < -0.4 is 10.5 Å². The Morgan fingerprint density at radius 3 is 2.65 bits per heavy atom. The normalized spacial score (nSPS) is 11.7. The molecule has 0 fully saturated rings. The molecule has 0 saturated carbocycles. The minimum atomic E-state index is -3.86. The standard InChI is InChI=1S/C12H12BrFN2O2S2/c13-12-4-2-9(19-12)5-6-16-20(17,18)11-3-1-8(15)7-10(11)14/h1-4,7,16H,5-6,15H2. The van der Waals surface area contributed by atoms with Gasteiger partial charge in [-0.15, -0.1) is 11.3 Å². The van der Waals surface area contributed by atoms with Crippen molar-refractivity contribution >= 4 is 43.0 Å². The van der Waals surface area contributed by atoms with Crippen molar-refractivity contribution in [2.24, 2.45) is 0 Å². The summed E-state index contributed by atoms with van der Waals surface area (Å²) in [7, 11) is -3.86. The first-order chi connectivity index (χ1) is 9.38. The lowest BCUT2D eigenvalue weighted by Gasteiger charge is -2.07. The molecule has 0 aliphatic carbocycles. The van der Waals surface area contributed by atoms with Crippen LogP contribution in [0.15, 0.2) is 39.0 Å². The predicted octanol–water partition coefficient (Wildman–Crippen LogP) is 2.75. The van der Waals surface area contributed by atoms with Gasteiger partial charge in [0.15, 0.2) is 0 Å². The largest absolute Gasteiger partial charge is 0.399 e. The average molecular weight is 379 g/mol. The van der Waals surface area contributed by atoms with E-state index in [9.17, 15) is 12.8 Å². The van der Waals surface area contributed by atoms with Crippen LogP contribution in [0.25, 0.3) is 0 Å². The number of thiophene rings is 1. The SMILES string of the molecule is Nc1ccc(S(=O)(=O)NCCc2ccc(Br)s2)c(F)c1. The monoisotopic (exact) mass is 378 g/mol. The van der Waals surface area contributed by atoms with Crippen LogP contribution in [0.2, 0.25) is 0 Å². The molecule has 8 heteroatoms. The van der Waals surface area contributed by atoms with Crippen molar-refractivity contribution in [2.45, 2.75) is 11.3 Å². The Labute approximate surface area is 129 Å². The van der Waals surface area contributed by atoms with E-state index in [1.165, 1.54) is 17.4 Å². The van der Waals surface area contributed by atoms with Crippen molar-refractivity contribution in [1.82, 2.24) is 4.72 Å². The third-order valence-corrected chi connectivity index (χ3v) is 5.72. The topological polar surface area (TPSA) is 72.2 Å². The Kier molecular flexibility index (Phi) is 4.79. The van der Waals surface area contributed by atoms with Gasteiger partial charge in [0, 0.05) is 17.1 Å². The number of nitrogens with two attached hydrogens (primary N) is 1. The first-order valence-corrected chi connectivity index (χ1v) is 8.76. The Morgan fingerprint density at radius 1 is 1.30 bits per heavy atom. The van der Waals surface area contributed by atoms with Gasteiger partial charge in [0.1, 0.15) is 10.7 Å². The molecule has 1 aromatic carbocycles. The number of nitrogens with one attached hydrogen (secondary N) is 1. The van der Waals surface area contributed by atoms with Gasteiger partial charge in [0.05, 0.1) is 3.79 Å². The second-order valence-electron chi connectivity index (χ2n) is 4.04. The molecule has 0 amide bonds. The van der Waals surface area contributed by atoms with Gasteiger partial charge in [-0.05, 0) is 52.7 Å². The van der Waals surface area contributed by atoms with Crippen LogP contribution in [0.5, 0.6) is 0 Å². The summed E-state index contributed by atoms with van der Waals surface area (Å²) < 4.78 is 40.9. The van der Waals surface area contributed by atoms with Crippen LogP contribution in [0.3, 0.4) is 0 Å². The van der Waals surface area contributed by atoms with E-state index in [4.69, 9.17) is 5.73 Å². The highest BCUT2D eigenvalue weighted by Crippen LogP contribution is 2.22. The number of nitrogen functional groups attached to an aromatic ring is 1. The number of hydrogen-bond donors (Lipinski definition) is 2. The number of sulfonamides is 1. The van der Waals surface area contributed by atoms with Crippen LogP contribution in [0.4, 0.5) is 10.1 Å². The highest BCUT2D eigenvalue weighted by Gasteiger charge is 2.18. The molecule has 108 valence electrons. The summed E-state index contributed by atoms with van der Waals surface area (Å²) >= 11 is 4.87. The third-order valence-electron chi connectivity index (χ3n) is 2.54. The Bertz CT molecular complexity index is 716. The van der Waals surface area contributed by atoms with E-state index in [0.29, 0.717) is 6.42 Å². The van der Waals surface area contributed by atoms with Gasteiger partial charge < -0.3 is 5.73 Å². The molecule has 20 heavy (non-hydrogen) atoms. The fraction of sp³-hybridized carbons (Fsp3) is 0.167. The zero-order chi connectivity index (χ0) is 14.8. The minimum absolute atomic E-state index is 0.185. The third kappa shape index (κ3) is 3.78. The second-order valence-corrected chi connectivity index (χ2v) is 8.33. The lowest BCUT2D eigenvalue weighted by molar-refractivity contribution is 0.557. The molecular formula is C12H12BrFN2O2S2. The van der Waals surface area contributed by atoms with E-state index >= 15 is 0 Å². The molecule has 3 N–H and O–H groups in total. The summed E-state index contributed by atoms with van der Waals surface area (Å²) in [5, 5.41) is 0. The quantitative estimate of drug-likeness (QED) is 0.785. The number of halogens is 2. The molecule has 2 rings (SSSR count). The average Bonchev–Trinajstić information content (AvgIpc) is 2.74. The molecule has 1 aromatic heterocycles. The highest BCUT2D eigenvalue weighted by molar-refractivity contribution is 9.11. The maximum atomic E-state index is 13.6. The van der Waals surface area contributed by atoms with Gasteiger partial charge in [-0.3, -0.25) is 0 Å². The summed E-state index contributed by atoms with van der Waals surface area (Å²) in [5.74, 6) is -0.851. The zero-order valence-corrected chi connectivity index (χ0v) is 13.5. The first-order valence-electron chi connectivity index (χ1n) is 5.67. The molecule has 0 aliphatic rings. The lowest BCUT2D eigenvalue weighted by atomic mass is 10.3. The maximum Gasteiger partial charge on any atom is 0.243 e. The molecule has 0 aliphatic heterocycles. The molecule has 0 saturated heterocycles. The van der Waals surface area contributed by atoms with Gasteiger partial charge in [0.2, 0.25) is 10.0 Å². The van der Waals surface area contributed by atoms with Gasteiger partial charge in [0.25, 0.3) is 0 Å².